The van der Waals surface area contributed by atoms with Crippen LogP contribution in [0, 0.1) is 0 Å². The van der Waals surface area contributed by atoms with Crippen molar-refractivity contribution < 1.29 is 17.9 Å². The maximum atomic E-state index is 13.6. The molecule has 2 aromatic carbocycles. The minimum atomic E-state index is -3.83. The zero-order valence-electron chi connectivity index (χ0n) is 18.7. The molecule has 1 N–H and O–H groups in total. The number of benzene rings is 2. The van der Waals surface area contributed by atoms with Crippen LogP contribution >= 0.6 is 0 Å². The van der Waals surface area contributed by atoms with E-state index in [2.05, 4.69) is 18.6 Å². The van der Waals surface area contributed by atoms with Crippen LogP contribution in [-0.4, -0.2) is 22.6 Å². The van der Waals surface area contributed by atoms with E-state index in [1.54, 1.807) is 25.3 Å². The van der Waals surface area contributed by atoms with Crippen molar-refractivity contribution >= 4 is 15.7 Å². The summed E-state index contributed by atoms with van der Waals surface area (Å²) in [6, 6.07) is 9.07. The maximum absolute atomic E-state index is 13.6. The van der Waals surface area contributed by atoms with Crippen molar-refractivity contribution in [2.24, 2.45) is 0 Å². The topological polar surface area (TPSA) is 64.6 Å². The van der Waals surface area contributed by atoms with Gasteiger partial charge in [0.2, 0.25) is 0 Å². The largest absolute Gasteiger partial charge is 0.497 e. The van der Waals surface area contributed by atoms with Gasteiger partial charge in [0.05, 0.1) is 24.8 Å². The summed E-state index contributed by atoms with van der Waals surface area (Å²) < 4.78 is 40.4. The average molecular weight is 420 g/mol. The molecule has 0 bridgehead atoms. The van der Waals surface area contributed by atoms with Gasteiger partial charge in [-0.05, 0) is 46.6 Å². The molecule has 0 aliphatic rings. The van der Waals surface area contributed by atoms with Crippen molar-refractivity contribution in [3.8, 4) is 11.5 Å². The summed E-state index contributed by atoms with van der Waals surface area (Å²) >= 11 is 0. The van der Waals surface area contributed by atoms with Crippen LogP contribution in [0.15, 0.2) is 35.2 Å². The highest BCUT2D eigenvalue weighted by atomic mass is 32.2. The molecule has 0 saturated carbocycles. The second kappa shape index (κ2) is 9.08. The molecule has 0 radical (unpaired) electrons. The van der Waals surface area contributed by atoms with Crippen molar-refractivity contribution in [2.45, 2.75) is 64.2 Å². The molecule has 0 aromatic heterocycles. The summed E-state index contributed by atoms with van der Waals surface area (Å²) in [4.78, 5) is 0.366. The van der Waals surface area contributed by atoms with Crippen molar-refractivity contribution in [3.63, 3.8) is 0 Å². The lowest BCUT2D eigenvalue weighted by Crippen LogP contribution is -2.19. The van der Waals surface area contributed by atoms with E-state index in [0.717, 1.165) is 16.7 Å². The van der Waals surface area contributed by atoms with E-state index in [0.29, 0.717) is 28.0 Å². The molecular formula is C23H33NO4S. The van der Waals surface area contributed by atoms with Gasteiger partial charge in [-0.15, -0.1) is 0 Å². The fraction of sp³-hybridized carbons (Fsp3) is 0.478. The lowest BCUT2D eigenvalue weighted by molar-refractivity contribution is 0.395. The molecule has 6 heteroatoms. The number of ether oxygens (including phenoxy) is 2. The fourth-order valence-electron chi connectivity index (χ4n) is 3.28. The summed E-state index contributed by atoms with van der Waals surface area (Å²) in [7, 11) is -0.773. The van der Waals surface area contributed by atoms with Gasteiger partial charge in [0.15, 0.2) is 0 Å². The van der Waals surface area contributed by atoms with Crippen molar-refractivity contribution in [1.82, 2.24) is 0 Å². The second-order valence-electron chi connectivity index (χ2n) is 8.16. The van der Waals surface area contributed by atoms with Crippen molar-refractivity contribution in [3.05, 3.63) is 47.0 Å². The summed E-state index contributed by atoms with van der Waals surface area (Å²) in [6.07, 6.45) is 0. The predicted molar refractivity (Wildman–Crippen MR) is 119 cm³/mol. The number of sulfonamides is 1. The number of methoxy groups -OCH3 is 2. The Morgan fingerprint density at radius 2 is 1.34 bits per heavy atom. The standard InChI is InChI=1S/C23H33NO4S/c1-14(2)17-11-19(15(3)4)23(20(12-17)16(5)6)29(25,26)24-21-10-9-18(27-7)13-22(21)28-8/h9-16,24H,1-8H3. The van der Waals surface area contributed by atoms with Gasteiger partial charge in [-0.1, -0.05) is 53.7 Å². The van der Waals surface area contributed by atoms with E-state index in [1.165, 1.54) is 7.11 Å². The zero-order valence-corrected chi connectivity index (χ0v) is 19.5. The van der Waals surface area contributed by atoms with Gasteiger partial charge in [-0.3, -0.25) is 4.72 Å². The molecule has 0 aliphatic heterocycles. The molecule has 5 nitrogen and oxygen atoms in total. The van der Waals surface area contributed by atoms with E-state index in [-0.39, 0.29) is 11.8 Å². The molecule has 0 fully saturated rings. The predicted octanol–water partition coefficient (Wildman–Crippen LogP) is 5.87. The van der Waals surface area contributed by atoms with Gasteiger partial charge >= 0.3 is 0 Å². The fourth-order valence-corrected chi connectivity index (χ4v) is 5.05. The van der Waals surface area contributed by atoms with E-state index in [1.807, 2.05) is 39.8 Å². The van der Waals surface area contributed by atoms with Gasteiger partial charge in [-0.25, -0.2) is 8.42 Å². The average Bonchev–Trinajstić information content (AvgIpc) is 2.66. The first-order valence-electron chi connectivity index (χ1n) is 9.94. The third-order valence-corrected chi connectivity index (χ3v) is 6.50. The van der Waals surface area contributed by atoms with Crippen LogP contribution in [0.25, 0.3) is 0 Å². The van der Waals surface area contributed by atoms with Crippen LogP contribution < -0.4 is 14.2 Å². The Bertz CT molecular complexity index is 934. The van der Waals surface area contributed by atoms with Gasteiger partial charge in [0.1, 0.15) is 11.5 Å². The molecule has 29 heavy (non-hydrogen) atoms. The smallest absolute Gasteiger partial charge is 0.262 e. The minimum absolute atomic E-state index is 0.0653. The van der Waals surface area contributed by atoms with Crippen LogP contribution in [0.4, 0.5) is 5.69 Å². The normalized spacial score (nSPS) is 12.0. The Labute approximate surface area is 175 Å². The number of nitrogens with one attached hydrogen (secondary N) is 1. The molecular weight excluding hydrogens is 386 g/mol. The van der Waals surface area contributed by atoms with Crippen LogP contribution in [-0.2, 0) is 10.0 Å². The Hall–Kier alpha value is -2.21. The van der Waals surface area contributed by atoms with E-state index < -0.39 is 10.0 Å². The van der Waals surface area contributed by atoms with Gasteiger partial charge in [-0.2, -0.15) is 0 Å². The molecule has 0 atom stereocenters. The van der Waals surface area contributed by atoms with Crippen LogP contribution in [0.5, 0.6) is 11.5 Å². The zero-order chi connectivity index (χ0) is 21.9. The van der Waals surface area contributed by atoms with Crippen molar-refractivity contribution in [1.29, 1.82) is 0 Å². The summed E-state index contributed by atoms with van der Waals surface area (Å²) in [5.41, 5.74) is 3.20. The third-order valence-electron chi connectivity index (χ3n) is 5.00. The molecule has 2 rings (SSSR count). The van der Waals surface area contributed by atoms with Gasteiger partial charge in [0.25, 0.3) is 10.0 Å². The Kier molecular flexibility index (Phi) is 7.22. The molecule has 0 aliphatic carbocycles. The molecule has 2 aromatic rings. The highest BCUT2D eigenvalue weighted by Crippen LogP contribution is 2.37. The molecule has 0 unspecified atom stereocenters. The van der Waals surface area contributed by atoms with Crippen LogP contribution in [0.1, 0.15) is 76.0 Å². The second-order valence-corrected chi connectivity index (χ2v) is 9.78. The number of rotatable bonds is 8. The van der Waals surface area contributed by atoms with Gasteiger partial charge in [0, 0.05) is 6.07 Å². The molecule has 160 valence electrons. The Balaban J connectivity index is 2.68. The summed E-state index contributed by atoms with van der Waals surface area (Å²) in [6.45, 7) is 12.3. The molecule has 0 saturated heterocycles. The Morgan fingerprint density at radius 3 is 1.76 bits per heavy atom. The van der Waals surface area contributed by atoms with Crippen LogP contribution in [0.2, 0.25) is 0 Å². The van der Waals surface area contributed by atoms with Gasteiger partial charge < -0.3 is 9.47 Å². The summed E-state index contributed by atoms with van der Waals surface area (Å²) in [5, 5.41) is 0. The van der Waals surface area contributed by atoms with E-state index >= 15 is 0 Å². The first kappa shape index (κ1) is 23.1. The minimum Gasteiger partial charge on any atom is -0.497 e. The highest BCUT2D eigenvalue weighted by molar-refractivity contribution is 7.92. The Morgan fingerprint density at radius 1 is 0.793 bits per heavy atom. The lowest BCUT2D eigenvalue weighted by atomic mass is 9.89. The number of anilines is 1. The maximum Gasteiger partial charge on any atom is 0.262 e. The molecule has 0 amide bonds. The van der Waals surface area contributed by atoms with Crippen LogP contribution in [0.3, 0.4) is 0 Å². The monoisotopic (exact) mass is 419 g/mol. The molecule has 0 heterocycles. The first-order valence-corrected chi connectivity index (χ1v) is 11.4. The third kappa shape index (κ3) is 5.04. The number of hydrogen-bond donors (Lipinski definition) is 1. The van der Waals surface area contributed by atoms with Crippen molar-refractivity contribution in [2.75, 3.05) is 18.9 Å². The molecule has 0 spiro atoms. The lowest BCUT2D eigenvalue weighted by Gasteiger charge is -2.23. The SMILES string of the molecule is COc1ccc(NS(=O)(=O)c2c(C(C)C)cc(C(C)C)cc2C(C)C)c(OC)c1. The van der Waals surface area contributed by atoms with E-state index in [9.17, 15) is 8.42 Å². The summed E-state index contributed by atoms with van der Waals surface area (Å²) in [5.74, 6) is 1.45. The van der Waals surface area contributed by atoms with E-state index in [4.69, 9.17) is 9.47 Å². The number of hydrogen-bond acceptors (Lipinski definition) is 4. The quantitative estimate of drug-likeness (QED) is 0.581. The first-order chi connectivity index (χ1) is 13.5. The highest BCUT2D eigenvalue weighted by Gasteiger charge is 2.27.